The van der Waals surface area contributed by atoms with Gasteiger partial charge in [-0.1, -0.05) is 0 Å². The van der Waals surface area contributed by atoms with Gasteiger partial charge in [0.1, 0.15) is 22.9 Å². The van der Waals surface area contributed by atoms with Gasteiger partial charge in [-0.2, -0.15) is 15.5 Å². The first kappa shape index (κ1) is 19.6. The highest BCUT2D eigenvalue weighted by Gasteiger charge is 2.32. The molecule has 0 atom stereocenters. The summed E-state index contributed by atoms with van der Waals surface area (Å²) in [6, 6.07) is 4.36. The lowest BCUT2D eigenvalue weighted by atomic mass is 9.98. The number of fused-ring (bicyclic) bond motifs is 1. The van der Waals surface area contributed by atoms with Crippen LogP contribution in [-0.2, 0) is 4.79 Å². The molecule has 0 aliphatic carbocycles. The summed E-state index contributed by atoms with van der Waals surface area (Å²) in [5.41, 5.74) is 4.01. The minimum atomic E-state index is 0.156. The van der Waals surface area contributed by atoms with Gasteiger partial charge in [0.05, 0.1) is 31.0 Å². The summed E-state index contributed by atoms with van der Waals surface area (Å²) in [5, 5.41) is 21.6. The van der Waals surface area contributed by atoms with Crippen LogP contribution in [0.15, 0.2) is 24.7 Å². The minimum Gasteiger partial charge on any atom is -0.494 e. The maximum Gasteiger partial charge on any atom is 0.228 e. The summed E-state index contributed by atoms with van der Waals surface area (Å²) in [6.07, 6.45) is 7.33. The maximum atomic E-state index is 12.5. The quantitative estimate of drug-likeness (QED) is 0.692. The number of carbonyl (C=O) groups is 1. The molecular formula is C22H25N7O2. The molecule has 9 heteroatoms. The second-order valence-electron chi connectivity index (χ2n) is 8.28. The van der Waals surface area contributed by atoms with Crippen LogP contribution in [0.25, 0.3) is 16.6 Å². The molecule has 160 valence electrons. The Morgan fingerprint density at radius 1 is 1.29 bits per heavy atom. The smallest absolute Gasteiger partial charge is 0.228 e. The lowest BCUT2D eigenvalue weighted by molar-refractivity contribution is -0.138. The molecule has 1 amide bonds. The lowest BCUT2D eigenvalue weighted by Gasteiger charge is -2.37. The van der Waals surface area contributed by atoms with Crippen LogP contribution in [0.5, 0.6) is 5.75 Å². The Balaban J connectivity index is 1.38. The number of rotatable bonds is 4. The van der Waals surface area contributed by atoms with E-state index in [1.54, 1.807) is 17.8 Å². The fourth-order valence-electron chi connectivity index (χ4n) is 4.49. The maximum absolute atomic E-state index is 12.5. The van der Waals surface area contributed by atoms with Crippen molar-refractivity contribution in [3.05, 3.63) is 35.9 Å². The third kappa shape index (κ3) is 3.33. The van der Waals surface area contributed by atoms with E-state index >= 15 is 0 Å². The second-order valence-corrected chi connectivity index (χ2v) is 8.28. The summed E-state index contributed by atoms with van der Waals surface area (Å²) < 4.78 is 9.26. The number of hydrogen-bond donors (Lipinski definition) is 1. The van der Waals surface area contributed by atoms with E-state index in [4.69, 9.17) is 9.84 Å². The molecule has 0 radical (unpaired) electrons. The van der Waals surface area contributed by atoms with Gasteiger partial charge in [0.2, 0.25) is 5.91 Å². The molecule has 2 saturated heterocycles. The van der Waals surface area contributed by atoms with Crippen molar-refractivity contribution in [2.45, 2.75) is 25.8 Å². The largest absolute Gasteiger partial charge is 0.494 e. The van der Waals surface area contributed by atoms with E-state index in [0.717, 1.165) is 55.8 Å². The van der Waals surface area contributed by atoms with E-state index in [-0.39, 0.29) is 17.9 Å². The van der Waals surface area contributed by atoms with Gasteiger partial charge in [-0.25, -0.2) is 4.52 Å². The van der Waals surface area contributed by atoms with E-state index < -0.39 is 0 Å². The second kappa shape index (κ2) is 7.71. The average molecular weight is 419 g/mol. The fraction of sp³-hybridized carbons (Fsp3) is 0.455. The first-order valence-electron chi connectivity index (χ1n) is 10.6. The molecule has 5 rings (SSSR count). The summed E-state index contributed by atoms with van der Waals surface area (Å²) >= 11 is 0. The van der Waals surface area contributed by atoms with Crippen molar-refractivity contribution in [3.8, 4) is 22.9 Å². The highest BCUT2D eigenvalue weighted by atomic mass is 16.5. The van der Waals surface area contributed by atoms with Gasteiger partial charge < -0.3 is 15.0 Å². The van der Waals surface area contributed by atoms with Gasteiger partial charge in [-0.3, -0.25) is 9.48 Å². The Labute approximate surface area is 180 Å². The average Bonchev–Trinajstić information content (AvgIpc) is 3.35. The van der Waals surface area contributed by atoms with Gasteiger partial charge in [-0.05, 0) is 25.8 Å². The SMILES string of the molecule is COc1cc(-c2cn(C3CCN(C(=O)C4CNC4)CC3)nc2C)cn2ncc(C#N)c12. The van der Waals surface area contributed by atoms with Gasteiger partial charge in [0.25, 0.3) is 0 Å². The van der Waals surface area contributed by atoms with Gasteiger partial charge in [0, 0.05) is 49.7 Å². The van der Waals surface area contributed by atoms with Crippen LogP contribution in [0.1, 0.15) is 30.1 Å². The number of aryl methyl sites for hydroxylation is 1. The Morgan fingerprint density at radius 3 is 2.71 bits per heavy atom. The van der Waals surface area contributed by atoms with Gasteiger partial charge >= 0.3 is 0 Å². The molecular weight excluding hydrogens is 394 g/mol. The number of aromatic nitrogens is 4. The van der Waals surface area contributed by atoms with Crippen molar-refractivity contribution >= 4 is 11.4 Å². The van der Waals surface area contributed by atoms with E-state index in [1.807, 2.05) is 28.8 Å². The van der Waals surface area contributed by atoms with Crippen molar-refractivity contribution in [1.29, 1.82) is 5.26 Å². The third-order valence-electron chi connectivity index (χ3n) is 6.43. The molecule has 5 heterocycles. The highest BCUT2D eigenvalue weighted by Crippen LogP contribution is 2.33. The highest BCUT2D eigenvalue weighted by molar-refractivity contribution is 5.80. The third-order valence-corrected chi connectivity index (χ3v) is 6.43. The first-order chi connectivity index (χ1) is 15.1. The number of piperidine rings is 1. The number of nitrogens with zero attached hydrogens (tertiary/aromatic N) is 6. The number of ether oxygens (including phenoxy) is 1. The molecule has 2 aliphatic heterocycles. The topological polar surface area (TPSA) is 100 Å². The molecule has 2 aliphatic rings. The zero-order valence-electron chi connectivity index (χ0n) is 17.7. The lowest BCUT2D eigenvalue weighted by Crippen LogP contribution is -2.53. The van der Waals surface area contributed by atoms with Crippen molar-refractivity contribution in [3.63, 3.8) is 0 Å². The molecule has 0 spiro atoms. The predicted octanol–water partition coefficient (Wildman–Crippen LogP) is 1.77. The van der Waals surface area contributed by atoms with Crippen molar-refractivity contribution in [2.75, 3.05) is 33.3 Å². The zero-order valence-corrected chi connectivity index (χ0v) is 17.7. The van der Waals surface area contributed by atoms with Crippen LogP contribution >= 0.6 is 0 Å². The Hall–Kier alpha value is -3.38. The number of nitriles is 1. The Kier molecular flexibility index (Phi) is 4.87. The monoisotopic (exact) mass is 419 g/mol. The number of methoxy groups -OCH3 is 1. The van der Waals surface area contributed by atoms with E-state index in [0.29, 0.717) is 16.8 Å². The molecule has 0 aromatic carbocycles. The Morgan fingerprint density at radius 2 is 2.06 bits per heavy atom. The molecule has 1 N–H and O–H groups in total. The molecule has 2 fully saturated rings. The summed E-state index contributed by atoms with van der Waals surface area (Å²) in [6.45, 7) is 5.16. The molecule has 0 unspecified atom stereocenters. The summed E-state index contributed by atoms with van der Waals surface area (Å²) in [4.78, 5) is 14.5. The summed E-state index contributed by atoms with van der Waals surface area (Å²) in [5.74, 6) is 1.05. The van der Waals surface area contributed by atoms with Crippen molar-refractivity contribution in [2.24, 2.45) is 5.92 Å². The van der Waals surface area contributed by atoms with Crippen LogP contribution in [0.4, 0.5) is 0 Å². The molecule has 9 nitrogen and oxygen atoms in total. The van der Waals surface area contributed by atoms with Crippen LogP contribution in [0.2, 0.25) is 0 Å². The standard InChI is InChI=1S/C22H25N7O2/c1-14-19(15-7-20(31-2)21-16(8-23)11-25-29(21)12-15)13-28(26-14)18-3-5-27(6-4-18)22(30)17-9-24-10-17/h7,11-13,17-18,24H,3-6,9-10H2,1-2H3. The number of carbonyl (C=O) groups excluding carboxylic acids is 1. The predicted molar refractivity (Wildman–Crippen MR) is 114 cm³/mol. The molecule has 3 aromatic heterocycles. The number of amides is 1. The Bertz CT molecular complexity index is 1180. The molecule has 0 saturated carbocycles. The van der Waals surface area contributed by atoms with E-state index in [9.17, 15) is 10.1 Å². The van der Waals surface area contributed by atoms with Crippen LogP contribution < -0.4 is 10.1 Å². The molecule has 31 heavy (non-hydrogen) atoms. The minimum absolute atomic E-state index is 0.156. The molecule has 3 aromatic rings. The van der Waals surface area contributed by atoms with Crippen LogP contribution in [0, 0.1) is 24.2 Å². The fourth-order valence-corrected chi connectivity index (χ4v) is 4.49. The van der Waals surface area contributed by atoms with Gasteiger partial charge in [0.15, 0.2) is 0 Å². The number of hydrogen-bond acceptors (Lipinski definition) is 6. The van der Waals surface area contributed by atoms with Crippen molar-refractivity contribution in [1.82, 2.24) is 29.6 Å². The zero-order chi connectivity index (χ0) is 21.5. The van der Waals surface area contributed by atoms with Gasteiger partial charge in [-0.15, -0.1) is 0 Å². The summed E-state index contributed by atoms with van der Waals surface area (Å²) in [7, 11) is 1.60. The van der Waals surface area contributed by atoms with Crippen molar-refractivity contribution < 1.29 is 9.53 Å². The van der Waals surface area contributed by atoms with E-state index in [2.05, 4.69) is 22.7 Å². The van der Waals surface area contributed by atoms with E-state index in [1.165, 1.54) is 0 Å². The normalized spacial score (nSPS) is 17.5. The van der Waals surface area contributed by atoms with Crippen LogP contribution in [0.3, 0.4) is 0 Å². The van der Waals surface area contributed by atoms with Crippen LogP contribution in [-0.4, -0.2) is 63.5 Å². The number of likely N-dealkylation sites (tertiary alicyclic amines) is 1. The number of pyridine rings is 1. The first-order valence-corrected chi connectivity index (χ1v) is 10.6. The number of nitrogens with one attached hydrogen (secondary N) is 1. The molecule has 0 bridgehead atoms.